The summed E-state index contributed by atoms with van der Waals surface area (Å²) in [6.45, 7) is 11.2. The van der Waals surface area contributed by atoms with Crippen LogP contribution < -0.4 is 5.32 Å². The van der Waals surface area contributed by atoms with Gasteiger partial charge in [-0.25, -0.2) is 0 Å². The molecule has 1 heteroatoms. The van der Waals surface area contributed by atoms with Crippen LogP contribution in [-0.4, -0.2) is 13.1 Å². The standard InChI is InChI=1S/C16H27N/c1-5-17-11-10-13(2)7-9-16-12-14(3)6-8-15(16)4/h6,8,12-13,17H,5,7,9-11H2,1-4H3. The van der Waals surface area contributed by atoms with Crippen molar-refractivity contribution in [1.29, 1.82) is 0 Å². The van der Waals surface area contributed by atoms with Crippen molar-refractivity contribution in [2.24, 2.45) is 5.92 Å². The van der Waals surface area contributed by atoms with E-state index in [4.69, 9.17) is 0 Å². The van der Waals surface area contributed by atoms with E-state index < -0.39 is 0 Å². The molecule has 96 valence electrons. The molecule has 0 spiro atoms. The Morgan fingerprint density at radius 2 is 1.94 bits per heavy atom. The average molecular weight is 233 g/mol. The summed E-state index contributed by atoms with van der Waals surface area (Å²) in [5.74, 6) is 0.814. The van der Waals surface area contributed by atoms with Crippen molar-refractivity contribution >= 4 is 0 Å². The molecule has 0 amide bonds. The first-order valence-electron chi connectivity index (χ1n) is 6.90. The van der Waals surface area contributed by atoms with Crippen molar-refractivity contribution in [3.05, 3.63) is 34.9 Å². The molecule has 0 aliphatic rings. The highest BCUT2D eigenvalue weighted by atomic mass is 14.8. The van der Waals surface area contributed by atoms with Gasteiger partial charge in [-0.2, -0.15) is 0 Å². The lowest BCUT2D eigenvalue weighted by atomic mass is 9.95. The molecule has 0 aliphatic heterocycles. The summed E-state index contributed by atoms with van der Waals surface area (Å²) in [5.41, 5.74) is 4.35. The third-order valence-corrected chi connectivity index (χ3v) is 3.48. The maximum atomic E-state index is 3.40. The molecular weight excluding hydrogens is 206 g/mol. The Kier molecular flexibility index (Phi) is 6.28. The van der Waals surface area contributed by atoms with Crippen molar-refractivity contribution in [1.82, 2.24) is 5.32 Å². The van der Waals surface area contributed by atoms with E-state index in [-0.39, 0.29) is 0 Å². The molecule has 1 N–H and O–H groups in total. The van der Waals surface area contributed by atoms with Gasteiger partial charge in [-0.05, 0) is 63.2 Å². The van der Waals surface area contributed by atoms with Gasteiger partial charge in [-0.1, -0.05) is 37.6 Å². The monoisotopic (exact) mass is 233 g/mol. The second kappa shape index (κ2) is 7.50. The van der Waals surface area contributed by atoms with Crippen molar-refractivity contribution in [2.75, 3.05) is 13.1 Å². The first-order chi connectivity index (χ1) is 8.13. The van der Waals surface area contributed by atoms with E-state index in [1.807, 2.05) is 0 Å². The van der Waals surface area contributed by atoms with Crippen LogP contribution in [0.1, 0.15) is 43.4 Å². The van der Waals surface area contributed by atoms with Gasteiger partial charge in [-0.15, -0.1) is 0 Å². The molecule has 1 rings (SSSR count). The minimum Gasteiger partial charge on any atom is -0.317 e. The quantitative estimate of drug-likeness (QED) is 0.705. The maximum absolute atomic E-state index is 3.40. The van der Waals surface area contributed by atoms with Gasteiger partial charge < -0.3 is 5.32 Å². The number of benzene rings is 1. The van der Waals surface area contributed by atoms with Gasteiger partial charge >= 0.3 is 0 Å². The molecular formula is C16H27N. The van der Waals surface area contributed by atoms with E-state index in [0.717, 1.165) is 19.0 Å². The summed E-state index contributed by atoms with van der Waals surface area (Å²) in [4.78, 5) is 0. The Morgan fingerprint density at radius 1 is 1.18 bits per heavy atom. The van der Waals surface area contributed by atoms with Gasteiger partial charge in [0.25, 0.3) is 0 Å². The Morgan fingerprint density at radius 3 is 2.65 bits per heavy atom. The number of hydrogen-bond acceptors (Lipinski definition) is 1. The van der Waals surface area contributed by atoms with Crippen LogP contribution in [0.25, 0.3) is 0 Å². The lowest BCUT2D eigenvalue weighted by Gasteiger charge is -2.13. The second-order valence-corrected chi connectivity index (χ2v) is 5.22. The molecule has 1 aromatic carbocycles. The summed E-state index contributed by atoms with van der Waals surface area (Å²) in [5, 5.41) is 3.40. The van der Waals surface area contributed by atoms with Crippen LogP contribution in [0.2, 0.25) is 0 Å². The highest BCUT2D eigenvalue weighted by Crippen LogP contribution is 2.16. The van der Waals surface area contributed by atoms with Crippen molar-refractivity contribution in [2.45, 2.75) is 47.0 Å². The molecule has 0 bridgehead atoms. The van der Waals surface area contributed by atoms with Crippen molar-refractivity contribution < 1.29 is 0 Å². The van der Waals surface area contributed by atoms with Gasteiger partial charge in [0.2, 0.25) is 0 Å². The molecule has 0 fully saturated rings. The summed E-state index contributed by atoms with van der Waals surface area (Å²) in [6.07, 6.45) is 3.81. The summed E-state index contributed by atoms with van der Waals surface area (Å²) < 4.78 is 0. The predicted molar refractivity (Wildman–Crippen MR) is 76.6 cm³/mol. The van der Waals surface area contributed by atoms with E-state index in [1.165, 1.54) is 36.0 Å². The Labute approximate surface area is 107 Å². The predicted octanol–water partition coefficient (Wildman–Crippen LogP) is 3.87. The van der Waals surface area contributed by atoms with E-state index >= 15 is 0 Å². The lowest BCUT2D eigenvalue weighted by Crippen LogP contribution is -2.16. The Bertz CT molecular complexity index is 330. The topological polar surface area (TPSA) is 12.0 Å². The van der Waals surface area contributed by atoms with Crippen LogP contribution >= 0.6 is 0 Å². The van der Waals surface area contributed by atoms with Crippen molar-refractivity contribution in [3.8, 4) is 0 Å². The first kappa shape index (κ1) is 14.2. The van der Waals surface area contributed by atoms with E-state index in [0.29, 0.717) is 0 Å². The molecule has 1 atom stereocenters. The van der Waals surface area contributed by atoms with E-state index in [1.54, 1.807) is 0 Å². The van der Waals surface area contributed by atoms with E-state index in [9.17, 15) is 0 Å². The highest BCUT2D eigenvalue weighted by molar-refractivity contribution is 5.30. The average Bonchev–Trinajstić information content (AvgIpc) is 2.31. The SMILES string of the molecule is CCNCCC(C)CCc1cc(C)ccc1C. The normalized spacial score (nSPS) is 12.7. The summed E-state index contributed by atoms with van der Waals surface area (Å²) in [6, 6.07) is 6.79. The molecule has 0 saturated carbocycles. The Hall–Kier alpha value is -0.820. The van der Waals surface area contributed by atoms with Gasteiger partial charge in [0.05, 0.1) is 0 Å². The smallest absolute Gasteiger partial charge is 0.00465 e. The fourth-order valence-electron chi connectivity index (χ4n) is 2.14. The van der Waals surface area contributed by atoms with E-state index in [2.05, 4.69) is 51.2 Å². The molecule has 17 heavy (non-hydrogen) atoms. The third kappa shape index (κ3) is 5.36. The van der Waals surface area contributed by atoms with Gasteiger partial charge in [0.1, 0.15) is 0 Å². The van der Waals surface area contributed by atoms with Crippen molar-refractivity contribution in [3.63, 3.8) is 0 Å². The van der Waals surface area contributed by atoms with Gasteiger partial charge in [-0.3, -0.25) is 0 Å². The Balaban J connectivity index is 2.36. The minimum absolute atomic E-state index is 0.814. The second-order valence-electron chi connectivity index (χ2n) is 5.22. The minimum atomic E-state index is 0.814. The van der Waals surface area contributed by atoms with Gasteiger partial charge in [0.15, 0.2) is 0 Å². The number of nitrogens with one attached hydrogen (secondary N) is 1. The van der Waals surface area contributed by atoms with Crippen LogP contribution in [0.5, 0.6) is 0 Å². The molecule has 1 nitrogen and oxygen atoms in total. The fraction of sp³-hybridized carbons (Fsp3) is 0.625. The number of rotatable bonds is 7. The molecule has 0 aliphatic carbocycles. The molecule has 0 saturated heterocycles. The third-order valence-electron chi connectivity index (χ3n) is 3.48. The largest absolute Gasteiger partial charge is 0.317 e. The zero-order chi connectivity index (χ0) is 12.7. The van der Waals surface area contributed by atoms with Crippen LogP contribution in [0, 0.1) is 19.8 Å². The first-order valence-corrected chi connectivity index (χ1v) is 6.90. The fourth-order valence-corrected chi connectivity index (χ4v) is 2.14. The van der Waals surface area contributed by atoms with Crippen LogP contribution in [0.3, 0.4) is 0 Å². The van der Waals surface area contributed by atoms with Gasteiger partial charge in [0, 0.05) is 0 Å². The van der Waals surface area contributed by atoms with Crippen LogP contribution in [0.15, 0.2) is 18.2 Å². The highest BCUT2D eigenvalue weighted by Gasteiger charge is 2.04. The van der Waals surface area contributed by atoms with Crippen LogP contribution in [-0.2, 0) is 6.42 Å². The number of aryl methyl sites for hydroxylation is 3. The molecule has 1 aromatic rings. The summed E-state index contributed by atoms with van der Waals surface area (Å²) >= 11 is 0. The summed E-state index contributed by atoms with van der Waals surface area (Å²) in [7, 11) is 0. The molecule has 0 aromatic heterocycles. The molecule has 0 heterocycles. The maximum Gasteiger partial charge on any atom is -0.00465 e. The zero-order valence-corrected chi connectivity index (χ0v) is 11.8. The zero-order valence-electron chi connectivity index (χ0n) is 11.8. The van der Waals surface area contributed by atoms with Crippen LogP contribution in [0.4, 0.5) is 0 Å². The number of hydrogen-bond donors (Lipinski definition) is 1. The lowest BCUT2D eigenvalue weighted by molar-refractivity contribution is 0.474. The molecule has 1 unspecified atom stereocenters. The molecule has 0 radical (unpaired) electrons.